The Morgan fingerprint density at radius 2 is 1.64 bits per heavy atom. The molecule has 0 aliphatic carbocycles. The van der Waals surface area contributed by atoms with Crippen LogP contribution < -0.4 is 11.2 Å². The largest absolute Gasteiger partial charge is 0.494 e. The van der Waals surface area contributed by atoms with Crippen molar-refractivity contribution in [3.05, 3.63) is 23.8 Å². The van der Waals surface area contributed by atoms with E-state index in [4.69, 9.17) is 19.8 Å². The van der Waals surface area contributed by atoms with Crippen LogP contribution in [0.3, 0.4) is 0 Å². The normalized spacial score (nSPS) is 24.6. The minimum atomic E-state index is -0.351. The van der Waals surface area contributed by atoms with E-state index in [1.807, 2.05) is 6.07 Å². The molecule has 0 amide bonds. The van der Waals surface area contributed by atoms with Crippen molar-refractivity contribution in [2.45, 2.75) is 57.7 Å². The fourth-order valence-electron chi connectivity index (χ4n) is 3.10. The predicted molar refractivity (Wildman–Crippen MR) is 89.4 cm³/mol. The fraction of sp³-hybridized carbons (Fsp3) is 0.647. The van der Waals surface area contributed by atoms with Crippen LogP contribution >= 0.6 is 0 Å². The van der Waals surface area contributed by atoms with Crippen LogP contribution in [0.1, 0.15) is 52.0 Å². The number of ether oxygens (including phenoxy) is 1. The third-order valence-electron chi connectivity index (χ3n) is 5.30. The molecule has 0 unspecified atom stereocenters. The quantitative estimate of drug-likeness (QED) is 0.673. The molecule has 120 valence electrons. The highest BCUT2D eigenvalue weighted by atomic mass is 16.7. The molecule has 2 fully saturated rings. The van der Waals surface area contributed by atoms with E-state index < -0.39 is 0 Å². The number of nitrogen functional groups attached to an aromatic ring is 1. The van der Waals surface area contributed by atoms with E-state index in [1.165, 1.54) is 5.56 Å². The second-order valence-electron chi connectivity index (χ2n) is 7.36. The van der Waals surface area contributed by atoms with Gasteiger partial charge in [0.05, 0.1) is 11.2 Å². The zero-order valence-corrected chi connectivity index (χ0v) is 14.0. The maximum atomic E-state index is 6.30. The Morgan fingerprint density at radius 3 is 2.18 bits per heavy atom. The van der Waals surface area contributed by atoms with E-state index in [-0.39, 0.29) is 18.3 Å². The van der Waals surface area contributed by atoms with Gasteiger partial charge in [-0.2, -0.15) is 0 Å². The number of hydrogen-bond donors (Lipinski definition) is 1. The van der Waals surface area contributed by atoms with E-state index in [0.717, 1.165) is 37.2 Å². The highest BCUT2D eigenvalue weighted by Crippen LogP contribution is 2.37. The van der Waals surface area contributed by atoms with Gasteiger partial charge in [0.15, 0.2) is 0 Å². The second-order valence-corrected chi connectivity index (χ2v) is 7.36. The Balaban J connectivity index is 1.81. The maximum Gasteiger partial charge on any atom is 0.494 e. The summed E-state index contributed by atoms with van der Waals surface area (Å²) in [5.74, 6) is 0.501. The Morgan fingerprint density at radius 1 is 1.05 bits per heavy atom. The van der Waals surface area contributed by atoms with Crippen LogP contribution in [0.15, 0.2) is 18.2 Å². The lowest BCUT2D eigenvalue weighted by Crippen LogP contribution is -2.41. The number of anilines is 1. The van der Waals surface area contributed by atoms with E-state index in [1.54, 1.807) is 0 Å². The molecular weight excluding hydrogens is 277 g/mol. The van der Waals surface area contributed by atoms with Crippen molar-refractivity contribution in [2.75, 3.05) is 18.9 Å². The van der Waals surface area contributed by atoms with Crippen LogP contribution in [0.2, 0.25) is 0 Å². The first kappa shape index (κ1) is 15.8. The smallest absolute Gasteiger partial charge is 0.399 e. The molecule has 2 aliphatic rings. The Hall–Kier alpha value is -1.04. The van der Waals surface area contributed by atoms with E-state index >= 15 is 0 Å². The lowest BCUT2D eigenvalue weighted by atomic mass is 9.77. The molecule has 2 N–H and O–H groups in total. The Labute approximate surface area is 133 Å². The first-order valence-corrected chi connectivity index (χ1v) is 8.13. The van der Waals surface area contributed by atoms with E-state index in [0.29, 0.717) is 5.92 Å². The monoisotopic (exact) mass is 303 g/mol. The minimum absolute atomic E-state index is 0.328. The molecule has 3 rings (SSSR count). The molecule has 0 saturated carbocycles. The van der Waals surface area contributed by atoms with Crippen molar-refractivity contribution in [1.82, 2.24) is 0 Å². The van der Waals surface area contributed by atoms with Crippen molar-refractivity contribution in [3.8, 4) is 0 Å². The van der Waals surface area contributed by atoms with Gasteiger partial charge in [0, 0.05) is 18.9 Å². The van der Waals surface area contributed by atoms with Crippen LogP contribution in [-0.2, 0) is 14.0 Å². The molecule has 2 aliphatic heterocycles. The lowest BCUT2D eigenvalue weighted by Gasteiger charge is -2.32. The number of benzene rings is 1. The minimum Gasteiger partial charge on any atom is -0.399 e. The van der Waals surface area contributed by atoms with Crippen molar-refractivity contribution in [3.63, 3.8) is 0 Å². The Kier molecular flexibility index (Phi) is 4.00. The molecule has 22 heavy (non-hydrogen) atoms. The standard InChI is InChI=1S/C17H26BNO3/c1-16(2)17(3,4)22-18(21-16)13-5-6-14(15(19)11-13)12-7-9-20-10-8-12/h5-6,11-12H,7-10,19H2,1-4H3. The van der Waals surface area contributed by atoms with Crippen molar-refractivity contribution >= 4 is 18.3 Å². The fourth-order valence-corrected chi connectivity index (χ4v) is 3.10. The highest BCUT2D eigenvalue weighted by Gasteiger charge is 2.51. The molecule has 1 aromatic carbocycles. The van der Waals surface area contributed by atoms with Gasteiger partial charge < -0.3 is 19.8 Å². The summed E-state index contributed by atoms with van der Waals surface area (Å²) in [6.45, 7) is 9.89. The third kappa shape index (κ3) is 2.77. The number of nitrogens with two attached hydrogens (primary N) is 1. The van der Waals surface area contributed by atoms with Crippen molar-refractivity contribution < 1.29 is 14.0 Å². The van der Waals surface area contributed by atoms with Gasteiger partial charge in [-0.05, 0) is 63.5 Å². The molecule has 2 heterocycles. The van der Waals surface area contributed by atoms with Gasteiger partial charge in [-0.25, -0.2) is 0 Å². The molecule has 0 radical (unpaired) electrons. The molecule has 5 heteroatoms. The maximum absolute atomic E-state index is 6.30. The van der Waals surface area contributed by atoms with Crippen LogP contribution in [-0.4, -0.2) is 31.5 Å². The average Bonchev–Trinajstić information content (AvgIpc) is 2.68. The molecule has 0 aromatic heterocycles. The van der Waals surface area contributed by atoms with E-state index in [9.17, 15) is 0 Å². The zero-order valence-electron chi connectivity index (χ0n) is 14.0. The molecule has 0 spiro atoms. The van der Waals surface area contributed by atoms with Gasteiger partial charge in [0.1, 0.15) is 0 Å². The summed E-state index contributed by atoms with van der Waals surface area (Å²) in [6.07, 6.45) is 2.08. The molecular formula is C17H26BNO3. The highest BCUT2D eigenvalue weighted by molar-refractivity contribution is 6.62. The molecule has 0 bridgehead atoms. The number of hydrogen-bond acceptors (Lipinski definition) is 4. The summed E-state index contributed by atoms with van der Waals surface area (Å²) < 4.78 is 17.6. The summed E-state index contributed by atoms with van der Waals surface area (Å²) in [4.78, 5) is 0. The Bertz CT molecular complexity index is 537. The summed E-state index contributed by atoms with van der Waals surface area (Å²) in [5.41, 5.74) is 8.70. The number of rotatable bonds is 2. The third-order valence-corrected chi connectivity index (χ3v) is 5.30. The molecule has 2 saturated heterocycles. The summed E-state index contributed by atoms with van der Waals surface area (Å²) in [5, 5.41) is 0. The molecule has 0 atom stereocenters. The van der Waals surface area contributed by atoms with E-state index in [2.05, 4.69) is 39.8 Å². The van der Waals surface area contributed by atoms with Crippen LogP contribution in [0.5, 0.6) is 0 Å². The lowest BCUT2D eigenvalue weighted by molar-refractivity contribution is 0.00578. The van der Waals surface area contributed by atoms with Gasteiger partial charge in [0.2, 0.25) is 0 Å². The van der Waals surface area contributed by atoms with Gasteiger partial charge in [-0.15, -0.1) is 0 Å². The SMILES string of the molecule is CC1(C)OB(c2ccc(C3CCOCC3)c(N)c2)OC1(C)C. The molecule has 1 aromatic rings. The van der Waals surface area contributed by atoms with Crippen LogP contribution in [0.25, 0.3) is 0 Å². The van der Waals surface area contributed by atoms with Crippen molar-refractivity contribution in [2.24, 2.45) is 0 Å². The van der Waals surface area contributed by atoms with Gasteiger partial charge in [-0.1, -0.05) is 12.1 Å². The summed E-state index contributed by atoms with van der Waals surface area (Å²) in [6, 6.07) is 6.22. The van der Waals surface area contributed by atoms with Gasteiger partial charge in [-0.3, -0.25) is 0 Å². The summed E-state index contributed by atoms with van der Waals surface area (Å²) in [7, 11) is -0.351. The first-order valence-electron chi connectivity index (χ1n) is 8.13. The van der Waals surface area contributed by atoms with Crippen LogP contribution in [0, 0.1) is 0 Å². The topological polar surface area (TPSA) is 53.7 Å². The zero-order chi connectivity index (χ0) is 16.0. The average molecular weight is 303 g/mol. The van der Waals surface area contributed by atoms with Gasteiger partial charge in [0.25, 0.3) is 0 Å². The van der Waals surface area contributed by atoms with Crippen LogP contribution in [0.4, 0.5) is 5.69 Å². The van der Waals surface area contributed by atoms with Crippen molar-refractivity contribution in [1.29, 1.82) is 0 Å². The van der Waals surface area contributed by atoms with Gasteiger partial charge >= 0.3 is 7.12 Å². The molecule has 4 nitrogen and oxygen atoms in total. The first-order chi connectivity index (χ1) is 10.3. The second kappa shape index (κ2) is 5.55. The summed E-state index contributed by atoms with van der Waals surface area (Å²) >= 11 is 0. The predicted octanol–water partition coefficient (Wildman–Crippen LogP) is 2.46.